The summed E-state index contributed by atoms with van der Waals surface area (Å²) < 4.78 is 5.05. The predicted octanol–water partition coefficient (Wildman–Crippen LogP) is 1.92. The van der Waals surface area contributed by atoms with Gasteiger partial charge in [0.1, 0.15) is 11.6 Å². The van der Waals surface area contributed by atoms with Crippen LogP contribution < -0.4 is 10.5 Å². The molecule has 19 heavy (non-hydrogen) atoms. The van der Waals surface area contributed by atoms with E-state index in [1.165, 1.54) is 6.07 Å². The summed E-state index contributed by atoms with van der Waals surface area (Å²) >= 11 is 0. The summed E-state index contributed by atoms with van der Waals surface area (Å²) in [5.41, 5.74) is 8.14. The largest absolute Gasteiger partial charge is 0.506 e. The number of nitrogens with one attached hydrogen (secondary N) is 1. The number of imidazole rings is 1. The second kappa shape index (κ2) is 4.16. The van der Waals surface area contributed by atoms with E-state index in [4.69, 9.17) is 10.5 Å². The summed E-state index contributed by atoms with van der Waals surface area (Å²) in [5, 5.41) is 9.41. The number of aromatic amines is 1. The number of rotatable bonds is 2. The molecule has 3 rings (SSSR count). The van der Waals surface area contributed by atoms with Crippen LogP contribution in [0.2, 0.25) is 0 Å². The lowest BCUT2D eigenvalue weighted by molar-refractivity contribution is 0.399. The van der Waals surface area contributed by atoms with Gasteiger partial charge in [-0.05, 0) is 24.3 Å². The summed E-state index contributed by atoms with van der Waals surface area (Å²) in [6.07, 6.45) is 0. The molecular formula is C13H12N4O2. The minimum absolute atomic E-state index is 0.0552. The monoisotopic (exact) mass is 256 g/mol. The zero-order valence-corrected chi connectivity index (χ0v) is 10.2. The van der Waals surface area contributed by atoms with Crippen molar-refractivity contribution < 1.29 is 9.84 Å². The number of H-pyrrole nitrogens is 1. The third-order valence-electron chi connectivity index (χ3n) is 2.83. The van der Waals surface area contributed by atoms with Gasteiger partial charge in [-0.3, -0.25) is 0 Å². The summed E-state index contributed by atoms with van der Waals surface area (Å²) in [4.78, 5) is 11.8. The number of aromatic nitrogens is 3. The molecule has 6 nitrogen and oxygen atoms in total. The Morgan fingerprint density at radius 2 is 2.05 bits per heavy atom. The molecule has 4 N–H and O–H groups in total. The molecule has 2 aromatic heterocycles. The van der Waals surface area contributed by atoms with Crippen LogP contribution in [-0.4, -0.2) is 27.2 Å². The SMILES string of the molecule is COc1ccc2[nH]c(-c3ccc(O)c(N)c3)nc2n1. The standard InChI is InChI=1S/C13H12N4O2/c1-19-11-5-3-9-13(16-11)17-12(15-9)7-2-4-10(18)8(14)6-7/h2-6,18H,14H2,1H3,(H,15,16,17). The van der Waals surface area contributed by atoms with E-state index in [-0.39, 0.29) is 5.75 Å². The van der Waals surface area contributed by atoms with Crippen molar-refractivity contribution in [2.24, 2.45) is 0 Å². The first kappa shape index (κ1) is 11.3. The number of methoxy groups -OCH3 is 1. The third-order valence-corrected chi connectivity index (χ3v) is 2.83. The van der Waals surface area contributed by atoms with Crippen LogP contribution >= 0.6 is 0 Å². The van der Waals surface area contributed by atoms with Gasteiger partial charge in [0.15, 0.2) is 5.65 Å². The van der Waals surface area contributed by atoms with Crippen molar-refractivity contribution in [1.82, 2.24) is 15.0 Å². The smallest absolute Gasteiger partial charge is 0.215 e. The number of fused-ring (bicyclic) bond motifs is 1. The maximum Gasteiger partial charge on any atom is 0.215 e. The highest BCUT2D eigenvalue weighted by molar-refractivity contribution is 5.77. The highest BCUT2D eigenvalue weighted by atomic mass is 16.5. The number of phenolic OH excluding ortho intramolecular Hbond substituents is 1. The molecule has 6 heteroatoms. The van der Waals surface area contributed by atoms with Gasteiger partial charge in [0.25, 0.3) is 0 Å². The van der Waals surface area contributed by atoms with Crippen LogP contribution in [0.25, 0.3) is 22.6 Å². The molecule has 0 radical (unpaired) electrons. The number of hydrogen-bond acceptors (Lipinski definition) is 5. The Hall–Kier alpha value is -2.76. The van der Waals surface area contributed by atoms with Crippen LogP contribution in [0.5, 0.6) is 11.6 Å². The van der Waals surface area contributed by atoms with E-state index in [0.29, 0.717) is 23.0 Å². The lowest BCUT2D eigenvalue weighted by Gasteiger charge is -2.00. The summed E-state index contributed by atoms with van der Waals surface area (Å²) in [6.45, 7) is 0. The van der Waals surface area contributed by atoms with E-state index in [9.17, 15) is 5.11 Å². The zero-order chi connectivity index (χ0) is 13.4. The topological polar surface area (TPSA) is 97.0 Å². The molecule has 1 aromatic carbocycles. The van der Waals surface area contributed by atoms with E-state index in [1.54, 1.807) is 25.3 Å². The van der Waals surface area contributed by atoms with Crippen molar-refractivity contribution in [3.63, 3.8) is 0 Å². The third kappa shape index (κ3) is 1.93. The number of hydrogen-bond donors (Lipinski definition) is 3. The van der Waals surface area contributed by atoms with E-state index in [1.807, 2.05) is 6.07 Å². The average molecular weight is 256 g/mol. The Morgan fingerprint density at radius 3 is 2.79 bits per heavy atom. The minimum Gasteiger partial charge on any atom is -0.506 e. The Balaban J connectivity index is 2.11. The summed E-state index contributed by atoms with van der Waals surface area (Å²) in [6, 6.07) is 8.54. The van der Waals surface area contributed by atoms with Crippen molar-refractivity contribution in [3.05, 3.63) is 30.3 Å². The molecule has 0 saturated carbocycles. The van der Waals surface area contributed by atoms with Gasteiger partial charge in [-0.15, -0.1) is 0 Å². The molecule has 0 aliphatic heterocycles. The number of aromatic hydroxyl groups is 1. The van der Waals surface area contributed by atoms with Crippen molar-refractivity contribution in [1.29, 1.82) is 0 Å². The van der Waals surface area contributed by atoms with Gasteiger partial charge in [0.05, 0.1) is 18.3 Å². The molecule has 3 aromatic rings. The van der Waals surface area contributed by atoms with Gasteiger partial charge in [-0.1, -0.05) is 0 Å². The van der Waals surface area contributed by atoms with Gasteiger partial charge < -0.3 is 20.6 Å². The predicted molar refractivity (Wildman–Crippen MR) is 72.0 cm³/mol. The lowest BCUT2D eigenvalue weighted by atomic mass is 10.2. The fraction of sp³-hybridized carbons (Fsp3) is 0.0769. The van der Waals surface area contributed by atoms with Gasteiger partial charge in [0, 0.05) is 11.6 Å². The molecule has 0 amide bonds. The first-order valence-corrected chi connectivity index (χ1v) is 5.67. The average Bonchev–Trinajstić information content (AvgIpc) is 2.84. The van der Waals surface area contributed by atoms with Crippen LogP contribution in [-0.2, 0) is 0 Å². The Bertz CT molecular complexity index is 751. The number of pyridine rings is 1. The Kier molecular flexibility index (Phi) is 2.49. The maximum absolute atomic E-state index is 9.41. The van der Waals surface area contributed by atoms with Gasteiger partial charge in [0.2, 0.25) is 5.88 Å². The van der Waals surface area contributed by atoms with Gasteiger partial charge in [-0.25, -0.2) is 4.98 Å². The molecule has 0 aliphatic carbocycles. The molecule has 0 unspecified atom stereocenters. The number of anilines is 1. The molecule has 0 bridgehead atoms. The number of phenols is 1. The fourth-order valence-electron chi connectivity index (χ4n) is 1.83. The highest BCUT2D eigenvalue weighted by Gasteiger charge is 2.08. The van der Waals surface area contributed by atoms with E-state index < -0.39 is 0 Å². The van der Waals surface area contributed by atoms with E-state index in [2.05, 4.69) is 15.0 Å². The Morgan fingerprint density at radius 1 is 1.21 bits per heavy atom. The van der Waals surface area contributed by atoms with Crippen LogP contribution in [0.4, 0.5) is 5.69 Å². The van der Waals surface area contributed by atoms with E-state index >= 15 is 0 Å². The van der Waals surface area contributed by atoms with Crippen LogP contribution in [0.3, 0.4) is 0 Å². The van der Waals surface area contributed by atoms with Crippen molar-refractivity contribution in [2.45, 2.75) is 0 Å². The molecule has 0 saturated heterocycles. The molecule has 96 valence electrons. The number of nitrogens with two attached hydrogens (primary N) is 1. The van der Waals surface area contributed by atoms with E-state index in [0.717, 1.165) is 11.1 Å². The summed E-state index contributed by atoms with van der Waals surface area (Å²) in [5.74, 6) is 1.21. The highest BCUT2D eigenvalue weighted by Crippen LogP contribution is 2.27. The lowest BCUT2D eigenvalue weighted by Crippen LogP contribution is -1.88. The number of nitrogens with zero attached hydrogens (tertiary/aromatic N) is 2. The summed E-state index contributed by atoms with van der Waals surface area (Å²) in [7, 11) is 1.56. The van der Waals surface area contributed by atoms with Crippen LogP contribution in [0, 0.1) is 0 Å². The molecule has 0 aliphatic rings. The maximum atomic E-state index is 9.41. The first-order chi connectivity index (χ1) is 9.17. The minimum atomic E-state index is 0.0552. The molecule has 0 spiro atoms. The zero-order valence-electron chi connectivity index (χ0n) is 10.2. The number of nitrogen functional groups attached to an aromatic ring is 1. The molecule has 2 heterocycles. The second-order valence-corrected chi connectivity index (χ2v) is 4.08. The molecule has 0 fully saturated rings. The van der Waals surface area contributed by atoms with Crippen molar-refractivity contribution >= 4 is 16.9 Å². The number of benzene rings is 1. The first-order valence-electron chi connectivity index (χ1n) is 5.67. The number of ether oxygens (including phenoxy) is 1. The fourth-order valence-corrected chi connectivity index (χ4v) is 1.83. The van der Waals surface area contributed by atoms with Gasteiger partial charge in [-0.2, -0.15) is 4.98 Å². The normalized spacial score (nSPS) is 10.8. The molecular weight excluding hydrogens is 244 g/mol. The Labute approximate surface area is 108 Å². The van der Waals surface area contributed by atoms with Crippen molar-refractivity contribution in [2.75, 3.05) is 12.8 Å². The molecule has 0 atom stereocenters. The second-order valence-electron chi connectivity index (χ2n) is 4.08. The quantitative estimate of drug-likeness (QED) is 0.480. The van der Waals surface area contributed by atoms with Crippen LogP contribution in [0.15, 0.2) is 30.3 Å². The van der Waals surface area contributed by atoms with Crippen molar-refractivity contribution in [3.8, 4) is 23.0 Å². The van der Waals surface area contributed by atoms with Gasteiger partial charge >= 0.3 is 0 Å². The van der Waals surface area contributed by atoms with Crippen LogP contribution in [0.1, 0.15) is 0 Å².